The minimum absolute atomic E-state index is 0.136. The summed E-state index contributed by atoms with van der Waals surface area (Å²) in [4.78, 5) is 12.8. The Morgan fingerprint density at radius 3 is 2.53 bits per heavy atom. The Balaban J connectivity index is 1.48. The van der Waals surface area contributed by atoms with Gasteiger partial charge >= 0.3 is 0 Å². The van der Waals surface area contributed by atoms with Crippen molar-refractivity contribution < 1.29 is 14.3 Å². The van der Waals surface area contributed by atoms with Crippen LogP contribution in [0.25, 0.3) is 10.9 Å². The van der Waals surface area contributed by atoms with Crippen LogP contribution >= 0.6 is 0 Å². The minimum Gasteiger partial charge on any atom is -0.493 e. The van der Waals surface area contributed by atoms with Crippen molar-refractivity contribution in [3.05, 3.63) is 89.1 Å². The van der Waals surface area contributed by atoms with Crippen LogP contribution in [0.1, 0.15) is 34.0 Å². The number of methoxy groups -OCH3 is 1. The van der Waals surface area contributed by atoms with E-state index in [0.717, 1.165) is 16.5 Å². The molecule has 6 nitrogen and oxygen atoms in total. The highest BCUT2D eigenvalue weighted by Crippen LogP contribution is 2.28. The van der Waals surface area contributed by atoms with Crippen molar-refractivity contribution in [3.8, 4) is 11.5 Å². The summed E-state index contributed by atoms with van der Waals surface area (Å²) < 4.78 is 12.9. The summed E-state index contributed by atoms with van der Waals surface area (Å²) in [5.41, 5.74) is 4.86. The fourth-order valence-electron chi connectivity index (χ4n) is 3.59. The smallest absolute Gasteiger partial charge is 0.251 e. The number of aromatic nitrogens is 2. The molecule has 4 aromatic rings. The van der Waals surface area contributed by atoms with E-state index >= 15 is 0 Å². The van der Waals surface area contributed by atoms with Crippen molar-refractivity contribution in [3.63, 3.8) is 0 Å². The Bertz CT molecular complexity index is 1230. The van der Waals surface area contributed by atoms with Gasteiger partial charge in [0.05, 0.1) is 32.0 Å². The van der Waals surface area contributed by atoms with Crippen molar-refractivity contribution in [1.82, 2.24) is 15.1 Å². The summed E-state index contributed by atoms with van der Waals surface area (Å²) in [6.07, 6.45) is 1.83. The Morgan fingerprint density at radius 2 is 1.78 bits per heavy atom. The SMILES string of the molecule is CCOc1ccc(CNC(=O)c2ccc3cnn(Cc4ccc(C)cc4)c3c2)cc1OC. The number of aryl methyl sites for hydroxylation is 1. The molecule has 0 aliphatic rings. The number of benzene rings is 3. The quantitative estimate of drug-likeness (QED) is 0.440. The molecule has 6 heteroatoms. The average molecular weight is 430 g/mol. The Labute approximate surface area is 187 Å². The number of nitrogens with zero attached hydrogens (tertiary/aromatic N) is 2. The number of hydrogen-bond acceptors (Lipinski definition) is 4. The molecular formula is C26H27N3O3. The van der Waals surface area contributed by atoms with Gasteiger partial charge in [0.25, 0.3) is 5.91 Å². The maximum atomic E-state index is 12.8. The topological polar surface area (TPSA) is 65.4 Å². The van der Waals surface area contributed by atoms with Gasteiger partial charge in [-0.2, -0.15) is 5.10 Å². The number of ether oxygens (including phenoxy) is 2. The second-order valence-corrected chi connectivity index (χ2v) is 7.66. The summed E-state index contributed by atoms with van der Waals surface area (Å²) in [5, 5.41) is 8.50. The molecule has 0 bridgehead atoms. The molecule has 1 amide bonds. The number of amides is 1. The van der Waals surface area contributed by atoms with E-state index in [2.05, 4.69) is 41.6 Å². The molecule has 0 fully saturated rings. The molecule has 32 heavy (non-hydrogen) atoms. The molecule has 0 aliphatic heterocycles. The van der Waals surface area contributed by atoms with Crippen molar-refractivity contribution >= 4 is 16.8 Å². The van der Waals surface area contributed by atoms with Gasteiger partial charge in [0.2, 0.25) is 0 Å². The van der Waals surface area contributed by atoms with Crippen molar-refractivity contribution in [2.75, 3.05) is 13.7 Å². The van der Waals surface area contributed by atoms with E-state index in [1.807, 2.05) is 54.2 Å². The van der Waals surface area contributed by atoms with Crippen LogP contribution in [0, 0.1) is 6.92 Å². The Hall–Kier alpha value is -3.80. The summed E-state index contributed by atoms with van der Waals surface area (Å²) >= 11 is 0. The molecule has 1 aromatic heterocycles. The highest BCUT2D eigenvalue weighted by atomic mass is 16.5. The Kier molecular flexibility index (Phi) is 6.40. The molecular weight excluding hydrogens is 402 g/mol. The first-order chi connectivity index (χ1) is 15.6. The van der Waals surface area contributed by atoms with Crippen molar-refractivity contribution in [2.24, 2.45) is 0 Å². The maximum absolute atomic E-state index is 12.8. The first-order valence-corrected chi connectivity index (χ1v) is 10.7. The lowest BCUT2D eigenvalue weighted by atomic mass is 10.1. The highest BCUT2D eigenvalue weighted by Gasteiger charge is 2.11. The number of hydrogen-bond donors (Lipinski definition) is 1. The largest absolute Gasteiger partial charge is 0.493 e. The number of rotatable bonds is 8. The summed E-state index contributed by atoms with van der Waals surface area (Å²) in [6.45, 7) is 5.61. The lowest BCUT2D eigenvalue weighted by molar-refractivity contribution is 0.0951. The molecule has 164 valence electrons. The number of carbonyl (C=O) groups is 1. The number of carbonyl (C=O) groups excluding carboxylic acids is 1. The summed E-state index contributed by atoms with van der Waals surface area (Å²) in [5.74, 6) is 1.21. The van der Waals surface area contributed by atoms with Gasteiger partial charge in [-0.05, 0) is 49.2 Å². The Morgan fingerprint density at radius 1 is 1.00 bits per heavy atom. The zero-order valence-electron chi connectivity index (χ0n) is 18.6. The predicted octanol–water partition coefficient (Wildman–Crippen LogP) is 4.73. The van der Waals surface area contributed by atoms with E-state index in [1.54, 1.807) is 7.11 Å². The zero-order valence-corrected chi connectivity index (χ0v) is 18.6. The van der Waals surface area contributed by atoms with Gasteiger partial charge in [-0.3, -0.25) is 9.48 Å². The van der Waals surface area contributed by atoms with Crippen LogP contribution in [-0.4, -0.2) is 29.4 Å². The first kappa shape index (κ1) is 21.4. The third-order valence-electron chi connectivity index (χ3n) is 5.34. The average Bonchev–Trinajstić information content (AvgIpc) is 3.21. The fraction of sp³-hybridized carbons (Fsp3) is 0.231. The third kappa shape index (κ3) is 4.75. The van der Waals surface area contributed by atoms with Crippen LogP contribution < -0.4 is 14.8 Å². The molecule has 4 rings (SSSR count). The molecule has 0 unspecified atom stereocenters. The fourth-order valence-corrected chi connectivity index (χ4v) is 3.59. The molecule has 0 atom stereocenters. The van der Waals surface area contributed by atoms with Crippen LogP contribution in [0.5, 0.6) is 11.5 Å². The molecule has 0 radical (unpaired) electrons. The summed E-state index contributed by atoms with van der Waals surface area (Å²) in [6, 6.07) is 19.7. The van der Waals surface area contributed by atoms with E-state index in [4.69, 9.17) is 9.47 Å². The van der Waals surface area contributed by atoms with Gasteiger partial charge < -0.3 is 14.8 Å². The lowest BCUT2D eigenvalue weighted by Gasteiger charge is -2.12. The van der Waals surface area contributed by atoms with Crippen molar-refractivity contribution in [1.29, 1.82) is 0 Å². The number of fused-ring (bicyclic) bond motifs is 1. The summed E-state index contributed by atoms with van der Waals surface area (Å²) in [7, 11) is 1.61. The van der Waals surface area contributed by atoms with Crippen molar-refractivity contribution in [2.45, 2.75) is 26.9 Å². The molecule has 1 N–H and O–H groups in total. The van der Waals surface area contributed by atoms with Crippen LogP contribution in [0.3, 0.4) is 0 Å². The maximum Gasteiger partial charge on any atom is 0.251 e. The molecule has 1 heterocycles. The van der Waals surface area contributed by atoms with Gasteiger partial charge in [-0.15, -0.1) is 0 Å². The van der Waals surface area contributed by atoms with E-state index < -0.39 is 0 Å². The minimum atomic E-state index is -0.136. The second-order valence-electron chi connectivity index (χ2n) is 7.66. The molecule has 0 saturated carbocycles. The number of nitrogens with one attached hydrogen (secondary N) is 1. The van der Waals surface area contributed by atoms with Gasteiger partial charge in [-0.1, -0.05) is 42.0 Å². The lowest BCUT2D eigenvalue weighted by Crippen LogP contribution is -2.22. The second kappa shape index (κ2) is 9.56. The van der Waals surface area contributed by atoms with Gasteiger partial charge in [0.1, 0.15) is 0 Å². The monoisotopic (exact) mass is 429 g/mol. The zero-order chi connectivity index (χ0) is 22.5. The predicted molar refractivity (Wildman–Crippen MR) is 125 cm³/mol. The standard InChI is InChI=1S/C26H27N3O3/c1-4-32-24-12-9-20(13-25(24)31-3)15-27-26(30)21-10-11-22-16-28-29(23(22)14-21)17-19-7-5-18(2)6-8-19/h5-14,16H,4,15,17H2,1-3H3,(H,27,30). The highest BCUT2D eigenvalue weighted by molar-refractivity contribution is 5.97. The molecule has 0 aliphatic carbocycles. The van der Waals surface area contributed by atoms with Crippen LogP contribution in [0.15, 0.2) is 66.9 Å². The van der Waals surface area contributed by atoms with Gasteiger partial charge in [0, 0.05) is 17.5 Å². The van der Waals surface area contributed by atoms with E-state index in [1.165, 1.54) is 11.1 Å². The van der Waals surface area contributed by atoms with Gasteiger partial charge in [-0.25, -0.2) is 0 Å². The van der Waals surface area contributed by atoms with E-state index in [9.17, 15) is 4.79 Å². The van der Waals surface area contributed by atoms with Crippen LogP contribution in [0.2, 0.25) is 0 Å². The normalized spacial score (nSPS) is 10.8. The third-order valence-corrected chi connectivity index (χ3v) is 5.34. The van der Waals surface area contributed by atoms with E-state index in [-0.39, 0.29) is 5.91 Å². The van der Waals surface area contributed by atoms with Crippen LogP contribution in [0.4, 0.5) is 0 Å². The molecule has 3 aromatic carbocycles. The van der Waals surface area contributed by atoms with E-state index in [0.29, 0.717) is 36.8 Å². The van der Waals surface area contributed by atoms with Gasteiger partial charge in [0.15, 0.2) is 11.5 Å². The molecule has 0 spiro atoms. The first-order valence-electron chi connectivity index (χ1n) is 10.7. The molecule has 0 saturated heterocycles. The van der Waals surface area contributed by atoms with Crippen LogP contribution in [-0.2, 0) is 13.1 Å².